The van der Waals surface area contributed by atoms with Gasteiger partial charge in [-0.2, -0.15) is 0 Å². The zero-order valence-corrected chi connectivity index (χ0v) is 6.52. The summed E-state index contributed by atoms with van der Waals surface area (Å²) in [5.74, 6) is -0.876. The maximum absolute atomic E-state index is 9.16. The Labute approximate surface area is 69.3 Å². The molecule has 0 aliphatic rings. The van der Waals surface area contributed by atoms with Gasteiger partial charge < -0.3 is 20.4 Å². The molecule has 4 N–H and O–H groups in total. The summed E-state index contributed by atoms with van der Waals surface area (Å²) in [7, 11) is 0. The average molecular weight is 170 g/mol. The molecule has 0 unspecified atom stereocenters. The maximum atomic E-state index is 9.16. The minimum Gasteiger partial charge on any atom is -0.508 e. The monoisotopic (exact) mass is 170 g/mol. The molecule has 1 aromatic rings. The van der Waals surface area contributed by atoms with Gasteiger partial charge in [0.15, 0.2) is 0 Å². The molecule has 4 nitrogen and oxygen atoms in total. The van der Waals surface area contributed by atoms with Gasteiger partial charge in [0.1, 0.15) is 17.2 Å². The number of aromatic hydroxyl groups is 3. The Kier molecular flexibility index (Phi) is 2.10. The van der Waals surface area contributed by atoms with Crippen molar-refractivity contribution in [2.24, 2.45) is 0 Å². The number of aliphatic hydroxyl groups is 1. The fraction of sp³-hybridized carbons (Fsp3) is 0.250. The van der Waals surface area contributed by atoms with Gasteiger partial charge in [-0.15, -0.1) is 0 Å². The fourth-order valence-corrected chi connectivity index (χ4v) is 1.04. The summed E-state index contributed by atoms with van der Waals surface area (Å²) >= 11 is 0. The van der Waals surface area contributed by atoms with Crippen LogP contribution >= 0.6 is 0 Å². The zero-order valence-electron chi connectivity index (χ0n) is 6.52. The quantitative estimate of drug-likeness (QED) is 0.503. The van der Waals surface area contributed by atoms with Crippen molar-refractivity contribution in [3.63, 3.8) is 0 Å². The van der Waals surface area contributed by atoms with Crippen molar-refractivity contribution in [2.45, 2.75) is 13.0 Å². The van der Waals surface area contributed by atoms with E-state index in [2.05, 4.69) is 0 Å². The summed E-state index contributed by atoms with van der Waals surface area (Å²) in [6, 6.07) is 2.11. The Balaban J connectivity index is 3.28. The SMILES string of the molecule is C[C@H](O)c1c(O)cc(O)cc1O. The third-order valence-corrected chi connectivity index (χ3v) is 1.54. The van der Waals surface area contributed by atoms with Crippen molar-refractivity contribution < 1.29 is 20.4 Å². The second-order valence-corrected chi connectivity index (χ2v) is 2.57. The first kappa shape index (κ1) is 8.67. The molecule has 0 spiro atoms. The molecule has 1 atom stereocenters. The van der Waals surface area contributed by atoms with Gasteiger partial charge in [0, 0.05) is 12.1 Å². The summed E-state index contributed by atoms with van der Waals surface area (Å²) in [6.07, 6.45) is -0.967. The third kappa shape index (κ3) is 1.43. The summed E-state index contributed by atoms with van der Waals surface area (Å²) in [5, 5.41) is 36.3. The smallest absolute Gasteiger partial charge is 0.128 e. The van der Waals surface area contributed by atoms with E-state index in [1.54, 1.807) is 0 Å². The van der Waals surface area contributed by atoms with E-state index in [-0.39, 0.29) is 22.8 Å². The van der Waals surface area contributed by atoms with Gasteiger partial charge >= 0.3 is 0 Å². The van der Waals surface area contributed by atoms with E-state index < -0.39 is 6.10 Å². The van der Waals surface area contributed by atoms with Crippen LogP contribution in [0.15, 0.2) is 12.1 Å². The van der Waals surface area contributed by atoms with Crippen LogP contribution in [0.3, 0.4) is 0 Å². The van der Waals surface area contributed by atoms with Crippen LogP contribution in [0.4, 0.5) is 0 Å². The van der Waals surface area contributed by atoms with Gasteiger partial charge in [-0.3, -0.25) is 0 Å². The molecule has 0 bridgehead atoms. The molecule has 0 aliphatic carbocycles. The van der Waals surface area contributed by atoms with Crippen LogP contribution in [0.5, 0.6) is 17.2 Å². The van der Waals surface area contributed by atoms with Crippen molar-refractivity contribution in [3.05, 3.63) is 17.7 Å². The Hall–Kier alpha value is -1.42. The minimum atomic E-state index is -0.967. The van der Waals surface area contributed by atoms with Crippen molar-refractivity contribution in [3.8, 4) is 17.2 Å². The largest absolute Gasteiger partial charge is 0.508 e. The molecule has 0 aliphatic heterocycles. The predicted molar refractivity (Wildman–Crippen MR) is 42.1 cm³/mol. The lowest BCUT2D eigenvalue weighted by atomic mass is 10.1. The lowest BCUT2D eigenvalue weighted by Gasteiger charge is -2.09. The average Bonchev–Trinajstić information content (AvgIpc) is 1.82. The standard InChI is InChI=1S/C8H10O4/c1-4(9)8-6(11)2-5(10)3-7(8)12/h2-4,9-12H,1H3/t4-/m0/s1. The Morgan fingerprint density at radius 2 is 1.50 bits per heavy atom. The van der Waals surface area contributed by atoms with Crippen LogP contribution in [-0.2, 0) is 0 Å². The van der Waals surface area contributed by atoms with Crippen molar-refractivity contribution in [2.75, 3.05) is 0 Å². The molecule has 0 aromatic heterocycles. The molecule has 66 valence electrons. The van der Waals surface area contributed by atoms with Gasteiger partial charge in [-0.25, -0.2) is 0 Å². The highest BCUT2D eigenvalue weighted by atomic mass is 16.3. The van der Waals surface area contributed by atoms with Crippen LogP contribution in [-0.4, -0.2) is 20.4 Å². The fourth-order valence-electron chi connectivity index (χ4n) is 1.04. The molecular formula is C8H10O4. The van der Waals surface area contributed by atoms with E-state index in [4.69, 9.17) is 20.4 Å². The van der Waals surface area contributed by atoms with E-state index in [1.807, 2.05) is 0 Å². The Morgan fingerprint density at radius 1 is 1.08 bits per heavy atom. The van der Waals surface area contributed by atoms with Gasteiger partial charge in [0.05, 0.1) is 11.7 Å². The molecule has 4 heteroatoms. The maximum Gasteiger partial charge on any atom is 0.128 e. The first-order chi connectivity index (χ1) is 5.52. The third-order valence-electron chi connectivity index (χ3n) is 1.54. The van der Waals surface area contributed by atoms with Crippen LogP contribution in [0.2, 0.25) is 0 Å². The minimum absolute atomic E-state index is 0.0211. The van der Waals surface area contributed by atoms with Crippen LogP contribution < -0.4 is 0 Å². The van der Waals surface area contributed by atoms with Gasteiger partial charge in [-0.05, 0) is 6.92 Å². The van der Waals surface area contributed by atoms with Crippen molar-refractivity contribution in [1.29, 1.82) is 0 Å². The molecule has 0 fully saturated rings. The second-order valence-electron chi connectivity index (χ2n) is 2.57. The van der Waals surface area contributed by atoms with E-state index in [9.17, 15) is 0 Å². The number of phenolic OH excluding ortho intramolecular Hbond substituents is 3. The van der Waals surface area contributed by atoms with E-state index in [1.165, 1.54) is 6.92 Å². The number of phenols is 3. The summed E-state index contributed by atoms with van der Waals surface area (Å²) in [6.45, 7) is 1.41. The highest BCUT2D eigenvalue weighted by Gasteiger charge is 2.13. The molecule has 1 rings (SSSR count). The van der Waals surface area contributed by atoms with Crippen molar-refractivity contribution >= 4 is 0 Å². The van der Waals surface area contributed by atoms with Gasteiger partial charge in [-0.1, -0.05) is 0 Å². The molecule has 1 aromatic carbocycles. The number of hydrogen-bond acceptors (Lipinski definition) is 4. The van der Waals surface area contributed by atoms with E-state index in [0.29, 0.717) is 0 Å². The predicted octanol–water partition coefficient (Wildman–Crippen LogP) is 0.857. The van der Waals surface area contributed by atoms with Crippen LogP contribution in [0, 0.1) is 0 Å². The molecule has 0 saturated heterocycles. The lowest BCUT2D eigenvalue weighted by molar-refractivity contribution is 0.190. The summed E-state index contributed by atoms with van der Waals surface area (Å²) < 4.78 is 0. The first-order valence-corrected chi connectivity index (χ1v) is 3.45. The van der Waals surface area contributed by atoms with E-state index in [0.717, 1.165) is 12.1 Å². The van der Waals surface area contributed by atoms with Crippen molar-refractivity contribution in [1.82, 2.24) is 0 Å². The normalized spacial score (nSPS) is 12.8. The molecular weight excluding hydrogens is 160 g/mol. The first-order valence-electron chi connectivity index (χ1n) is 3.45. The highest BCUT2D eigenvalue weighted by molar-refractivity contribution is 5.49. The number of rotatable bonds is 1. The number of hydrogen-bond donors (Lipinski definition) is 4. The van der Waals surface area contributed by atoms with Crippen LogP contribution in [0.1, 0.15) is 18.6 Å². The zero-order chi connectivity index (χ0) is 9.30. The van der Waals surface area contributed by atoms with Crippen LogP contribution in [0.25, 0.3) is 0 Å². The van der Waals surface area contributed by atoms with Gasteiger partial charge in [0.25, 0.3) is 0 Å². The molecule has 12 heavy (non-hydrogen) atoms. The Morgan fingerprint density at radius 3 is 1.83 bits per heavy atom. The molecule has 0 saturated carbocycles. The summed E-state index contributed by atoms with van der Waals surface area (Å²) in [5.41, 5.74) is 0.0211. The molecule has 0 amide bonds. The molecule has 0 heterocycles. The molecule has 0 radical (unpaired) electrons. The summed E-state index contributed by atoms with van der Waals surface area (Å²) in [4.78, 5) is 0. The second kappa shape index (κ2) is 2.91. The van der Waals surface area contributed by atoms with Gasteiger partial charge in [0.2, 0.25) is 0 Å². The number of benzene rings is 1. The van der Waals surface area contributed by atoms with E-state index >= 15 is 0 Å². The Bertz CT molecular complexity index is 270. The topological polar surface area (TPSA) is 80.9 Å². The highest BCUT2D eigenvalue weighted by Crippen LogP contribution is 2.35. The number of aliphatic hydroxyl groups excluding tert-OH is 1. The lowest BCUT2D eigenvalue weighted by Crippen LogP contribution is -1.92.